The maximum Gasteiger partial charge on any atom is 0.415 e. The molecule has 0 aliphatic heterocycles. The highest BCUT2D eigenvalue weighted by atomic mass is 35.5. The van der Waals surface area contributed by atoms with Gasteiger partial charge < -0.3 is 19.0 Å². The van der Waals surface area contributed by atoms with Crippen molar-refractivity contribution in [2.45, 2.75) is 17.2 Å². The molecule has 9 nitrogen and oxygen atoms in total. The van der Waals surface area contributed by atoms with Crippen LogP contribution in [0.15, 0.2) is 47.7 Å². The summed E-state index contributed by atoms with van der Waals surface area (Å²) >= 11 is 5.81. The van der Waals surface area contributed by atoms with E-state index in [-0.39, 0.29) is 23.6 Å². The summed E-state index contributed by atoms with van der Waals surface area (Å²) < 4.78 is 55.3. The van der Waals surface area contributed by atoms with Crippen molar-refractivity contribution < 1.29 is 41.9 Å². The molecule has 0 bridgehead atoms. The molecular formula is C19H18ClF3N2O7. The molecule has 0 amide bonds. The maximum atomic E-state index is 13.5. The molecule has 0 saturated carbocycles. The van der Waals surface area contributed by atoms with Crippen LogP contribution in [0.1, 0.15) is 5.56 Å². The van der Waals surface area contributed by atoms with Crippen molar-refractivity contribution in [2.75, 3.05) is 27.4 Å². The number of nitro groups is 1. The van der Waals surface area contributed by atoms with E-state index in [1.54, 1.807) is 0 Å². The Bertz CT molecular complexity index is 949. The van der Waals surface area contributed by atoms with Gasteiger partial charge in [-0.05, 0) is 18.2 Å². The number of nitro benzene ring substituents is 1. The molecule has 0 heterocycles. The lowest BCUT2D eigenvalue weighted by atomic mass is 9.95. The quantitative estimate of drug-likeness (QED) is 0.175. The third-order valence-electron chi connectivity index (χ3n) is 4.19. The standard InChI is InChI=1S/C19H18ClF3N2O7/c1-29-10-14(24-31-11-17(26)30-2)13-9-12(6-7-15(13)25(27)28)32-16-5-3-4-8-18(16,20)19(21,22)23/h3-9,16H,10-11H2,1-2H3. The molecule has 1 aromatic carbocycles. The van der Waals surface area contributed by atoms with Crippen LogP contribution in [0, 0.1) is 10.1 Å². The fraction of sp³-hybridized carbons (Fsp3) is 0.368. The first kappa shape index (κ1) is 25.1. The minimum atomic E-state index is -4.84. The van der Waals surface area contributed by atoms with E-state index >= 15 is 0 Å². The summed E-state index contributed by atoms with van der Waals surface area (Å²) in [6.07, 6.45) is -2.14. The van der Waals surface area contributed by atoms with Crippen molar-refractivity contribution in [1.29, 1.82) is 0 Å². The van der Waals surface area contributed by atoms with E-state index in [1.807, 2.05) is 0 Å². The molecule has 2 atom stereocenters. The predicted octanol–water partition coefficient (Wildman–Crippen LogP) is 3.55. The smallest absolute Gasteiger partial charge is 0.415 e. The van der Waals surface area contributed by atoms with Gasteiger partial charge in [-0.1, -0.05) is 23.4 Å². The van der Waals surface area contributed by atoms with Gasteiger partial charge in [0.05, 0.1) is 24.2 Å². The molecule has 1 aliphatic rings. The number of carbonyl (C=O) groups is 1. The summed E-state index contributed by atoms with van der Waals surface area (Å²) in [7, 11) is 2.41. The third-order valence-corrected chi connectivity index (χ3v) is 4.74. The highest BCUT2D eigenvalue weighted by molar-refractivity contribution is 6.26. The average molecular weight is 479 g/mol. The van der Waals surface area contributed by atoms with Gasteiger partial charge in [-0.15, -0.1) is 11.6 Å². The molecule has 32 heavy (non-hydrogen) atoms. The van der Waals surface area contributed by atoms with Crippen LogP contribution in [0.25, 0.3) is 0 Å². The molecule has 13 heteroatoms. The Morgan fingerprint density at radius 1 is 1.28 bits per heavy atom. The van der Waals surface area contributed by atoms with Gasteiger partial charge in [0.15, 0.2) is 4.87 Å². The average Bonchev–Trinajstić information content (AvgIpc) is 2.73. The zero-order valence-corrected chi connectivity index (χ0v) is 17.6. The van der Waals surface area contributed by atoms with Crippen LogP contribution in [0.4, 0.5) is 18.9 Å². The molecule has 2 rings (SSSR count). The lowest BCUT2D eigenvalue weighted by Gasteiger charge is -2.34. The molecule has 174 valence electrons. The molecule has 0 aromatic heterocycles. The van der Waals surface area contributed by atoms with Gasteiger partial charge in [-0.3, -0.25) is 10.1 Å². The van der Waals surface area contributed by atoms with E-state index in [4.69, 9.17) is 25.9 Å². The Balaban J connectivity index is 2.43. The van der Waals surface area contributed by atoms with Crippen LogP contribution < -0.4 is 4.74 Å². The van der Waals surface area contributed by atoms with Crippen molar-refractivity contribution in [3.05, 3.63) is 58.2 Å². The number of halogens is 4. The number of methoxy groups -OCH3 is 2. The molecular weight excluding hydrogens is 461 g/mol. The van der Waals surface area contributed by atoms with Crippen molar-refractivity contribution in [1.82, 2.24) is 0 Å². The lowest BCUT2D eigenvalue weighted by molar-refractivity contribution is -0.385. The number of esters is 1. The monoisotopic (exact) mass is 478 g/mol. The number of allylic oxidation sites excluding steroid dienone is 2. The normalized spacial score (nSPS) is 20.7. The zero-order chi connectivity index (χ0) is 23.9. The maximum absolute atomic E-state index is 13.5. The fourth-order valence-electron chi connectivity index (χ4n) is 2.61. The number of carbonyl (C=O) groups excluding carboxylic acids is 1. The highest BCUT2D eigenvalue weighted by Gasteiger charge is 2.58. The Hall–Kier alpha value is -3.12. The summed E-state index contributed by atoms with van der Waals surface area (Å²) in [5, 5.41) is 15.1. The van der Waals surface area contributed by atoms with Gasteiger partial charge >= 0.3 is 12.1 Å². The molecule has 1 aliphatic carbocycles. The fourth-order valence-corrected chi connectivity index (χ4v) is 2.80. The van der Waals surface area contributed by atoms with Crippen LogP contribution in [0.3, 0.4) is 0 Å². The number of oxime groups is 1. The Labute approximate surface area is 185 Å². The summed E-state index contributed by atoms with van der Waals surface area (Å²) in [5.74, 6) is -0.901. The van der Waals surface area contributed by atoms with Crippen LogP contribution in [0.5, 0.6) is 5.75 Å². The van der Waals surface area contributed by atoms with Crippen molar-refractivity contribution >= 4 is 29.0 Å². The SMILES string of the molecule is COCC(=NOCC(=O)OC)c1cc(OC2C=CC=CC2(Cl)C(F)(F)F)ccc1[N+](=O)[O-]. The molecule has 0 N–H and O–H groups in total. The predicted molar refractivity (Wildman–Crippen MR) is 107 cm³/mol. The minimum Gasteiger partial charge on any atom is -0.484 e. The van der Waals surface area contributed by atoms with Crippen LogP contribution in [-0.4, -0.2) is 61.2 Å². The number of rotatable bonds is 9. The van der Waals surface area contributed by atoms with Gasteiger partial charge in [-0.25, -0.2) is 4.79 Å². The molecule has 0 spiro atoms. The van der Waals surface area contributed by atoms with Gasteiger partial charge in [-0.2, -0.15) is 13.2 Å². The van der Waals surface area contributed by atoms with E-state index < -0.39 is 40.3 Å². The summed E-state index contributed by atoms with van der Waals surface area (Å²) in [6, 6.07) is 3.26. The Morgan fingerprint density at radius 3 is 2.59 bits per heavy atom. The van der Waals surface area contributed by atoms with Crippen molar-refractivity contribution in [2.24, 2.45) is 5.16 Å². The Kier molecular flexibility index (Phi) is 8.22. The van der Waals surface area contributed by atoms with E-state index in [1.165, 1.54) is 13.2 Å². The van der Waals surface area contributed by atoms with Crippen molar-refractivity contribution in [3.8, 4) is 5.75 Å². The van der Waals surface area contributed by atoms with E-state index in [0.29, 0.717) is 0 Å². The largest absolute Gasteiger partial charge is 0.484 e. The number of hydrogen-bond donors (Lipinski definition) is 0. The van der Waals surface area contributed by atoms with Gasteiger partial charge in [0.1, 0.15) is 17.6 Å². The van der Waals surface area contributed by atoms with Crippen LogP contribution in [0.2, 0.25) is 0 Å². The molecule has 0 radical (unpaired) electrons. The minimum absolute atomic E-state index is 0.111. The molecule has 0 fully saturated rings. The van der Waals surface area contributed by atoms with Gasteiger partial charge in [0.25, 0.3) is 5.69 Å². The number of ether oxygens (including phenoxy) is 3. The third kappa shape index (κ3) is 5.77. The summed E-state index contributed by atoms with van der Waals surface area (Å²) in [5.41, 5.74) is -0.704. The van der Waals surface area contributed by atoms with Crippen LogP contribution in [-0.2, 0) is 19.1 Å². The van der Waals surface area contributed by atoms with Gasteiger partial charge in [0.2, 0.25) is 6.61 Å². The first-order chi connectivity index (χ1) is 15.0. The number of nitrogens with zero attached hydrogens (tertiary/aromatic N) is 2. The number of alkyl halides is 4. The van der Waals surface area contributed by atoms with Crippen molar-refractivity contribution in [3.63, 3.8) is 0 Å². The molecule has 0 saturated heterocycles. The zero-order valence-electron chi connectivity index (χ0n) is 16.8. The van der Waals surface area contributed by atoms with E-state index in [0.717, 1.165) is 43.5 Å². The summed E-state index contributed by atoms with van der Waals surface area (Å²) in [4.78, 5) is 23.9. The summed E-state index contributed by atoms with van der Waals surface area (Å²) in [6.45, 7) is -0.854. The Morgan fingerprint density at radius 2 is 2.00 bits per heavy atom. The van der Waals surface area contributed by atoms with Crippen LogP contribution >= 0.6 is 11.6 Å². The lowest BCUT2D eigenvalue weighted by Crippen LogP contribution is -2.50. The number of hydrogen-bond acceptors (Lipinski definition) is 8. The molecule has 1 aromatic rings. The second-order valence-corrected chi connectivity index (χ2v) is 6.93. The van der Waals surface area contributed by atoms with E-state index in [2.05, 4.69) is 9.89 Å². The second kappa shape index (κ2) is 10.5. The molecule has 2 unspecified atom stereocenters. The van der Waals surface area contributed by atoms with Gasteiger partial charge in [0, 0.05) is 13.2 Å². The first-order valence-electron chi connectivity index (χ1n) is 8.85. The number of benzene rings is 1. The van der Waals surface area contributed by atoms with E-state index in [9.17, 15) is 28.1 Å². The second-order valence-electron chi connectivity index (χ2n) is 6.30. The highest BCUT2D eigenvalue weighted by Crippen LogP contribution is 2.43. The first-order valence-corrected chi connectivity index (χ1v) is 9.23. The topological polar surface area (TPSA) is 109 Å².